The van der Waals surface area contributed by atoms with Gasteiger partial charge in [-0.1, -0.05) is 30.3 Å². The minimum Gasteiger partial charge on any atom is -0.271 e. The summed E-state index contributed by atoms with van der Waals surface area (Å²) in [5.74, 6) is -0.529. The Morgan fingerprint density at radius 3 is 2.73 bits per heavy atom. The van der Waals surface area contributed by atoms with Gasteiger partial charge in [-0.15, -0.1) is 0 Å². The van der Waals surface area contributed by atoms with Gasteiger partial charge in [-0.3, -0.25) is 14.1 Å². The Balaban J connectivity index is 1.56. The molecule has 0 fully saturated rings. The van der Waals surface area contributed by atoms with E-state index in [2.05, 4.69) is 15.5 Å². The van der Waals surface area contributed by atoms with Crippen molar-refractivity contribution in [2.75, 3.05) is 10.8 Å². The zero-order valence-corrected chi connectivity index (χ0v) is 14.3. The quantitative estimate of drug-likeness (QED) is 0.564. The van der Waals surface area contributed by atoms with E-state index in [1.165, 1.54) is 6.21 Å². The van der Waals surface area contributed by atoms with Gasteiger partial charge in [0.05, 0.1) is 16.8 Å². The molecule has 0 saturated carbocycles. The molecule has 4 rings (SSSR count). The number of nitrogens with one attached hydrogen (secondary N) is 1. The van der Waals surface area contributed by atoms with Crippen molar-refractivity contribution in [3.05, 3.63) is 66.5 Å². The maximum absolute atomic E-state index is 12.8. The Labute approximate surface area is 150 Å². The van der Waals surface area contributed by atoms with Crippen LogP contribution in [-0.2, 0) is 14.8 Å². The molecule has 1 aliphatic rings. The first-order valence-electron chi connectivity index (χ1n) is 7.84. The molecule has 0 bridgehead atoms. The van der Waals surface area contributed by atoms with Crippen molar-refractivity contribution in [3.8, 4) is 0 Å². The second kappa shape index (κ2) is 6.23. The van der Waals surface area contributed by atoms with Crippen LogP contribution in [0.15, 0.2) is 70.9 Å². The number of benzene rings is 2. The smallest absolute Gasteiger partial charge is 0.265 e. The molecule has 7 nitrogen and oxygen atoms in total. The van der Waals surface area contributed by atoms with Gasteiger partial charge in [0.2, 0.25) is 0 Å². The van der Waals surface area contributed by atoms with Crippen LogP contribution in [0, 0.1) is 0 Å². The van der Waals surface area contributed by atoms with E-state index < -0.39 is 15.9 Å². The second-order valence-corrected chi connectivity index (χ2v) is 7.55. The zero-order valence-electron chi connectivity index (χ0n) is 13.5. The van der Waals surface area contributed by atoms with Crippen LogP contribution in [0.1, 0.15) is 5.56 Å². The third kappa shape index (κ3) is 2.70. The Morgan fingerprint density at radius 1 is 1.15 bits per heavy atom. The summed E-state index contributed by atoms with van der Waals surface area (Å²) in [5.41, 5.74) is 3.58. The molecule has 0 spiro atoms. The first kappa shape index (κ1) is 16.2. The number of hydrazone groups is 1. The first-order chi connectivity index (χ1) is 12.6. The molecule has 0 aliphatic carbocycles. The second-order valence-electron chi connectivity index (χ2n) is 5.72. The van der Waals surface area contributed by atoms with Gasteiger partial charge in [0.15, 0.2) is 0 Å². The zero-order chi connectivity index (χ0) is 18.1. The topological polar surface area (TPSA) is 91.7 Å². The highest BCUT2D eigenvalue weighted by Gasteiger charge is 2.36. The van der Waals surface area contributed by atoms with Crippen LogP contribution in [0.25, 0.3) is 10.8 Å². The maximum Gasteiger partial charge on any atom is 0.265 e. The van der Waals surface area contributed by atoms with E-state index in [9.17, 15) is 13.2 Å². The lowest BCUT2D eigenvalue weighted by Gasteiger charge is -2.17. The minimum absolute atomic E-state index is 0.220. The number of pyridine rings is 1. The molecule has 1 aliphatic heterocycles. The number of rotatable bonds is 4. The van der Waals surface area contributed by atoms with Crippen molar-refractivity contribution >= 4 is 38.6 Å². The van der Waals surface area contributed by atoms with Gasteiger partial charge in [-0.25, -0.2) is 13.8 Å². The fraction of sp³-hybridized carbons (Fsp3) is 0.0556. The van der Waals surface area contributed by atoms with Crippen molar-refractivity contribution in [2.45, 2.75) is 4.90 Å². The summed E-state index contributed by atoms with van der Waals surface area (Å²) in [7, 11) is -3.76. The van der Waals surface area contributed by atoms with Crippen LogP contribution in [0.5, 0.6) is 0 Å². The fourth-order valence-corrected chi connectivity index (χ4v) is 4.59. The third-order valence-electron chi connectivity index (χ3n) is 4.06. The fourth-order valence-electron chi connectivity index (χ4n) is 2.93. The van der Waals surface area contributed by atoms with Gasteiger partial charge in [-0.2, -0.15) is 5.10 Å². The Hall–Kier alpha value is -3.26. The predicted octanol–water partition coefficient (Wildman–Crippen LogP) is 1.89. The highest BCUT2D eigenvalue weighted by molar-refractivity contribution is 7.93. The van der Waals surface area contributed by atoms with E-state index in [0.717, 1.165) is 15.3 Å². The number of anilines is 1. The number of carbonyl (C=O) groups is 1. The van der Waals surface area contributed by atoms with Crippen molar-refractivity contribution in [2.24, 2.45) is 5.10 Å². The van der Waals surface area contributed by atoms with Crippen LogP contribution in [0.4, 0.5) is 5.69 Å². The summed E-state index contributed by atoms with van der Waals surface area (Å²) in [5, 5.41) is 5.30. The van der Waals surface area contributed by atoms with E-state index in [1.54, 1.807) is 48.8 Å². The van der Waals surface area contributed by atoms with Gasteiger partial charge in [0, 0.05) is 23.3 Å². The van der Waals surface area contributed by atoms with Crippen LogP contribution < -0.4 is 9.73 Å². The monoisotopic (exact) mass is 366 g/mol. The van der Waals surface area contributed by atoms with Crippen molar-refractivity contribution in [3.63, 3.8) is 0 Å². The Kier molecular flexibility index (Phi) is 3.89. The number of aromatic nitrogens is 1. The maximum atomic E-state index is 12.8. The standard InChI is InChI=1S/C18H14N4O3S/c23-17(21-20-11-13-4-3-9-19-10-13)12-22-15-7-1-5-14-6-2-8-16(18(14)15)26(22,24)25/h1-11H,12H2,(H,21,23)/b20-11-. The number of nitrogens with zero attached hydrogens (tertiary/aromatic N) is 3. The van der Waals surface area contributed by atoms with Crippen LogP contribution in [0.2, 0.25) is 0 Å². The molecular formula is C18H14N4O3S. The summed E-state index contributed by atoms with van der Waals surface area (Å²) in [4.78, 5) is 16.4. The van der Waals surface area contributed by atoms with Crippen LogP contribution in [0.3, 0.4) is 0 Å². The summed E-state index contributed by atoms with van der Waals surface area (Å²) < 4.78 is 26.7. The number of hydrogen-bond acceptors (Lipinski definition) is 5. The van der Waals surface area contributed by atoms with E-state index in [1.807, 2.05) is 12.1 Å². The molecule has 8 heteroatoms. The Morgan fingerprint density at radius 2 is 1.96 bits per heavy atom. The number of sulfonamides is 1. The summed E-state index contributed by atoms with van der Waals surface area (Å²) >= 11 is 0. The first-order valence-corrected chi connectivity index (χ1v) is 9.28. The molecule has 1 amide bonds. The normalized spacial score (nSPS) is 14.8. The molecule has 0 radical (unpaired) electrons. The molecule has 3 aromatic rings. The summed E-state index contributed by atoms with van der Waals surface area (Å²) in [6.07, 6.45) is 4.67. The lowest BCUT2D eigenvalue weighted by molar-refractivity contribution is -0.119. The molecule has 0 unspecified atom stereocenters. The van der Waals surface area contributed by atoms with E-state index in [0.29, 0.717) is 11.1 Å². The summed E-state index contributed by atoms with van der Waals surface area (Å²) in [6.45, 7) is -0.347. The highest BCUT2D eigenvalue weighted by atomic mass is 32.2. The molecule has 0 saturated heterocycles. The van der Waals surface area contributed by atoms with Gasteiger partial charge in [0.1, 0.15) is 6.54 Å². The molecule has 26 heavy (non-hydrogen) atoms. The van der Waals surface area contributed by atoms with Crippen LogP contribution in [-0.4, -0.2) is 32.1 Å². The summed E-state index contributed by atoms with van der Waals surface area (Å²) in [6, 6.07) is 13.9. The largest absolute Gasteiger partial charge is 0.271 e. The minimum atomic E-state index is -3.76. The van der Waals surface area contributed by atoms with E-state index >= 15 is 0 Å². The van der Waals surface area contributed by atoms with Gasteiger partial charge >= 0.3 is 0 Å². The molecule has 2 aromatic carbocycles. The average Bonchev–Trinajstić information content (AvgIpc) is 2.86. The van der Waals surface area contributed by atoms with E-state index in [-0.39, 0.29) is 11.4 Å². The van der Waals surface area contributed by atoms with Crippen LogP contribution >= 0.6 is 0 Å². The van der Waals surface area contributed by atoms with E-state index in [4.69, 9.17) is 0 Å². The molecule has 1 N–H and O–H groups in total. The molecule has 2 heterocycles. The van der Waals surface area contributed by atoms with Crippen molar-refractivity contribution in [1.29, 1.82) is 0 Å². The average molecular weight is 366 g/mol. The third-order valence-corrected chi connectivity index (χ3v) is 5.86. The highest BCUT2D eigenvalue weighted by Crippen LogP contribution is 2.41. The number of carbonyl (C=O) groups excluding carboxylic acids is 1. The molecular weight excluding hydrogens is 352 g/mol. The number of hydrogen-bond donors (Lipinski definition) is 1. The van der Waals surface area contributed by atoms with Crippen molar-refractivity contribution in [1.82, 2.24) is 10.4 Å². The Bertz CT molecular complexity index is 1120. The predicted molar refractivity (Wildman–Crippen MR) is 98.5 cm³/mol. The SMILES string of the molecule is O=C(CN1c2cccc3cccc(c23)S1(=O)=O)N/N=C\c1cccnc1. The van der Waals surface area contributed by atoms with Crippen molar-refractivity contribution < 1.29 is 13.2 Å². The lowest BCUT2D eigenvalue weighted by atomic mass is 10.1. The number of amides is 1. The molecule has 0 atom stereocenters. The lowest BCUT2D eigenvalue weighted by Crippen LogP contribution is -2.37. The molecule has 1 aromatic heterocycles. The molecule has 130 valence electrons. The van der Waals surface area contributed by atoms with Gasteiger partial charge in [0.25, 0.3) is 15.9 Å². The van der Waals surface area contributed by atoms with Gasteiger partial charge in [-0.05, 0) is 23.6 Å². The van der Waals surface area contributed by atoms with Gasteiger partial charge < -0.3 is 0 Å².